The summed E-state index contributed by atoms with van der Waals surface area (Å²) in [6.07, 6.45) is -1.22. The van der Waals surface area contributed by atoms with Gasteiger partial charge in [-0.25, -0.2) is 13.8 Å². The second-order valence-electron chi connectivity index (χ2n) is 6.31. The maximum atomic E-state index is 14.2. The number of carboxylic acids is 1. The van der Waals surface area contributed by atoms with E-state index in [1.807, 2.05) is 0 Å². The van der Waals surface area contributed by atoms with Crippen LogP contribution < -0.4 is 0 Å². The number of hydrogen-bond donors (Lipinski definition) is 1. The van der Waals surface area contributed by atoms with Crippen LogP contribution in [0.15, 0.2) is 28.0 Å². The number of carbonyl (C=O) groups excluding carboxylic acids is 1. The van der Waals surface area contributed by atoms with E-state index in [-0.39, 0.29) is 43.7 Å². The molecule has 3 aliphatic rings. The van der Waals surface area contributed by atoms with Gasteiger partial charge in [0.2, 0.25) is 0 Å². The van der Waals surface area contributed by atoms with Crippen LogP contribution in [0.4, 0.5) is 8.78 Å². The summed E-state index contributed by atoms with van der Waals surface area (Å²) in [7, 11) is 0. The molecule has 0 saturated carbocycles. The Morgan fingerprint density at radius 1 is 1.36 bits per heavy atom. The molecule has 0 spiro atoms. The zero-order valence-electron chi connectivity index (χ0n) is 13.0. The van der Waals surface area contributed by atoms with Crippen molar-refractivity contribution < 1.29 is 23.5 Å². The summed E-state index contributed by atoms with van der Waals surface area (Å²) < 4.78 is 28.3. The van der Waals surface area contributed by atoms with Crippen molar-refractivity contribution in [2.75, 3.05) is 13.2 Å². The standard InChI is InChI=1S/C16H14BrF2N3O3/c17-8-1-10-11(12(19)2-8)6-21(16(10)25)22-7-20-5-9(18)3-13(20)14(22)4-15(23)24/h1-2,9H,3-7H2,(H,23,24)/t9-/m1/s1. The van der Waals surface area contributed by atoms with Gasteiger partial charge in [-0.15, -0.1) is 0 Å². The highest BCUT2D eigenvalue weighted by molar-refractivity contribution is 9.10. The molecule has 4 rings (SSSR count). The van der Waals surface area contributed by atoms with Gasteiger partial charge in [-0.05, 0) is 12.1 Å². The first-order valence-corrected chi connectivity index (χ1v) is 8.54. The Hall–Kier alpha value is -2.16. The average Bonchev–Trinajstić information content (AvgIpc) is 3.12. The number of hydrazine groups is 1. The van der Waals surface area contributed by atoms with Crippen molar-refractivity contribution in [3.05, 3.63) is 44.9 Å². The molecule has 0 unspecified atom stereocenters. The van der Waals surface area contributed by atoms with E-state index in [0.717, 1.165) is 0 Å². The molecule has 1 saturated heterocycles. The fourth-order valence-corrected chi connectivity index (χ4v) is 4.09. The van der Waals surface area contributed by atoms with Gasteiger partial charge in [-0.3, -0.25) is 14.6 Å². The van der Waals surface area contributed by atoms with E-state index in [9.17, 15) is 23.5 Å². The Labute approximate surface area is 150 Å². The third-order valence-corrected chi connectivity index (χ3v) is 5.17. The Balaban J connectivity index is 1.70. The van der Waals surface area contributed by atoms with Crippen molar-refractivity contribution in [2.24, 2.45) is 0 Å². The number of benzene rings is 1. The number of aliphatic carboxylic acids is 1. The molecule has 132 valence electrons. The van der Waals surface area contributed by atoms with Gasteiger partial charge in [0.05, 0.1) is 30.8 Å². The molecule has 0 aliphatic carbocycles. The first kappa shape index (κ1) is 16.3. The lowest BCUT2D eigenvalue weighted by Gasteiger charge is -2.32. The molecule has 1 atom stereocenters. The summed E-state index contributed by atoms with van der Waals surface area (Å²) in [6, 6.07) is 2.85. The van der Waals surface area contributed by atoms with Gasteiger partial charge in [0, 0.05) is 22.2 Å². The molecule has 3 heterocycles. The molecular formula is C16H14BrF2N3O3. The maximum absolute atomic E-state index is 14.2. The Morgan fingerprint density at radius 2 is 2.12 bits per heavy atom. The lowest BCUT2D eigenvalue weighted by Crippen LogP contribution is -2.43. The van der Waals surface area contributed by atoms with Crippen LogP contribution in [0, 0.1) is 5.82 Å². The first-order valence-electron chi connectivity index (χ1n) is 7.75. The normalized spacial score (nSPS) is 22.1. The zero-order valence-corrected chi connectivity index (χ0v) is 14.6. The number of halogens is 3. The summed E-state index contributed by atoms with van der Waals surface area (Å²) in [4.78, 5) is 25.7. The largest absolute Gasteiger partial charge is 0.481 e. The fraction of sp³-hybridized carbons (Fsp3) is 0.375. The molecule has 1 amide bonds. The highest BCUT2D eigenvalue weighted by atomic mass is 79.9. The predicted molar refractivity (Wildman–Crippen MR) is 86.2 cm³/mol. The van der Waals surface area contributed by atoms with Crippen LogP contribution in [-0.4, -0.2) is 51.3 Å². The van der Waals surface area contributed by atoms with Gasteiger partial charge in [-0.2, -0.15) is 0 Å². The van der Waals surface area contributed by atoms with Crippen LogP contribution in [-0.2, 0) is 11.3 Å². The van der Waals surface area contributed by atoms with Crippen molar-refractivity contribution in [3.63, 3.8) is 0 Å². The van der Waals surface area contributed by atoms with Crippen molar-refractivity contribution >= 4 is 27.8 Å². The third-order valence-electron chi connectivity index (χ3n) is 4.71. The summed E-state index contributed by atoms with van der Waals surface area (Å²) in [5.74, 6) is -1.94. The smallest absolute Gasteiger partial charge is 0.309 e. The van der Waals surface area contributed by atoms with Crippen LogP contribution in [0.5, 0.6) is 0 Å². The topological polar surface area (TPSA) is 64.1 Å². The molecule has 6 nitrogen and oxygen atoms in total. The number of hydrogen-bond acceptors (Lipinski definition) is 4. The number of carboxylic acid groups (broad SMARTS) is 1. The van der Waals surface area contributed by atoms with Crippen LogP contribution in [0.3, 0.4) is 0 Å². The number of alkyl halides is 1. The fourth-order valence-electron chi connectivity index (χ4n) is 3.66. The van der Waals surface area contributed by atoms with E-state index in [2.05, 4.69) is 15.9 Å². The van der Waals surface area contributed by atoms with E-state index in [4.69, 9.17) is 0 Å². The highest BCUT2D eigenvalue weighted by Crippen LogP contribution is 2.39. The van der Waals surface area contributed by atoms with Crippen molar-refractivity contribution in [2.45, 2.75) is 25.6 Å². The molecule has 1 fully saturated rings. The van der Waals surface area contributed by atoms with Crippen LogP contribution in [0.1, 0.15) is 28.8 Å². The Bertz CT molecular complexity index is 829. The van der Waals surface area contributed by atoms with Crippen molar-refractivity contribution in [3.8, 4) is 0 Å². The summed E-state index contributed by atoms with van der Waals surface area (Å²) in [5, 5.41) is 12.1. The molecule has 1 N–H and O–H groups in total. The number of amides is 1. The number of allylic oxidation sites excluding steroid dienone is 1. The molecule has 1 aromatic rings. The lowest BCUT2D eigenvalue weighted by molar-refractivity contribution is -0.137. The minimum atomic E-state index is -1.06. The zero-order chi connectivity index (χ0) is 17.9. The van der Waals surface area contributed by atoms with E-state index in [1.54, 1.807) is 16.0 Å². The third kappa shape index (κ3) is 2.57. The second-order valence-corrected chi connectivity index (χ2v) is 7.22. The van der Waals surface area contributed by atoms with Crippen molar-refractivity contribution in [1.82, 2.24) is 14.9 Å². The molecule has 25 heavy (non-hydrogen) atoms. The molecule has 0 aromatic heterocycles. The van der Waals surface area contributed by atoms with Gasteiger partial charge in [0.1, 0.15) is 18.7 Å². The van der Waals surface area contributed by atoms with E-state index in [1.165, 1.54) is 11.1 Å². The maximum Gasteiger partial charge on any atom is 0.309 e. The van der Waals surface area contributed by atoms with Gasteiger partial charge in [0.25, 0.3) is 5.91 Å². The Morgan fingerprint density at radius 3 is 2.84 bits per heavy atom. The van der Waals surface area contributed by atoms with Crippen molar-refractivity contribution in [1.29, 1.82) is 0 Å². The number of carbonyl (C=O) groups is 2. The molecule has 3 aliphatic heterocycles. The minimum absolute atomic E-state index is 0.0244. The SMILES string of the molecule is O=C(O)CC1=C2C[C@@H](F)CN2CN1N1Cc2c(F)cc(Br)cc2C1=O. The second kappa shape index (κ2) is 5.69. The summed E-state index contributed by atoms with van der Waals surface area (Å²) >= 11 is 3.18. The molecular weight excluding hydrogens is 400 g/mol. The van der Waals surface area contributed by atoms with Crippen LogP contribution in [0.2, 0.25) is 0 Å². The van der Waals surface area contributed by atoms with Gasteiger partial charge in [0.15, 0.2) is 0 Å². The quantitative estimate of drug-likeness (QED) is 0.824. The summed E-state index contributed by atoms with van der Waals surface area (Å²) in [5.41, 5.74) is 1.54. The highest BCUT2D eigenvalue weighted by Gasteiger charge is 2.43. The van der Waals surface area contributed by atoms with Gasteiger partial charge < -0.3 is 10.0 Å². The minimum Gasteiger partial charge on any atom is -0.481 e. The Kier molecular flexibility index (Phi) is 3.71. The van der Waals surface area contributed by atoms with Gasteiger partial charge >= 0.3 is 5.97 Å². The van der Waals surface area contributed by atoms with E-state index < -0.39 is 23.9 Å². The first-order chi connectivity index (χ1) is 11.8. The predicted octanol–water partition coefficient (Wildman–Crippen LogP) is 2.46. The van der Waals surface area contributed by atoms with Crippen LogP contribution >= 0.6 is 15.9 Å². The van der Waals surface area contributed by atoms with Crippen LogP contribution in [0.25, 0.3) is 0 Å². The molecule has 0 bridgehead atoms. The average molecular weight is 414 g/mol. The summed E-state index contributed by atoms with van der Waals surface area (Å²) in [6.45, 7) is 0.390. The molecule has 1 aromatic carbocycles. The lowest BCUT2D eigenvalue weighted by atomic mass is 10.1. The molecule has 0 radical (unpaired) electrons. The monoisotopic (exact) mass is 413 g/mol. The number of nitrogens with zero attached hydrogens (tertiary/aromatic N) is 3. The van der Waals surface area contributed by atoms with E-state index in [0.29, 0.717) is 15.9 Å². The number of rotatable bonds is 3. The van der Waals surface area contributed by atoms with Gasteiger partial charge in [-0.1, -0.05) is 15.9 Å². The van der Waals surface area contributed by atoms with E-state index >= 15 is 0 Å². The molecule has 9 heteroatoms. The number of fused-ring (bicyclic) bond motifs is 2.